The molecular formula is C17H23NO7. The molecule has 1 unspecified atom stereocenters. The third-order valence-corrected chi connectivity index (χ3v) is 4.36. The average Bonchev–Trinajstić information content (AvgIpc) is 2.63. The fraction of sp³-hybridized carbons (Fsp3) is 0.588. The van der Waals surface area contributed by atoms with Crippen molar-refractivity contribution in [3.05, 3.63) is 29.8 Å². The number of carbonyl (C=O) groups excluding carboxylic acids is 1. The summed E-state index contributed by atoms with van der Waals surface area (Å²) in [7, 11) is 3.05. The molecule has 1 amide bonds. The summed E-state index contributed by atoms with van der Waals surface area (Å²) in [6, 6.07) is 6.57. The summed E-state index contributed by atoms with van der Waals surface area (Å²) in [5.74, 6) is 0.444. The SMILES string of the molecule is COc1ccc(C2OC[C@H]3O[C@H](OC)[C@H](NC(C)=O)[C@@H](O)[C@@H]3O2)cc1. The Morgan fingerprint density at radius 2 is 1.96 bits per heavy atom. The molecule has 0 radical (unpaired) electrons. The van der Waals surface area contributed by atoms with Gasteiger partial charge >= 0.3 is 0 Å². The van der Waals surface area contributed by atoms with Crippen LogP contribution in [0.5, 0.6) is 5.75 Å². The first-order valence-electron chi connectivity index (χ1n) is 8.08. The van der Waals surface area contributed by atoms with Gasteiger partial charge in [-0.15, -0.1) is 0 Å². The fourth-order valence-corrected chi connectivity index (χ4v) is 3.11. The molecule has 1 aromatic carbocycles. The molecule has 25 heavy (non-hydrogen) atoms. The smallest absolute Gasteiger partial charge is 0.217 e. The number of ether oxygens (including phenoxy) is 5. The number of fused-ring (bicyclic) bond motifs is 1. The summed E-state index contributed by atoms with van der Waals surface area (Å²) in [5.41, 5.74) is 0.802. The van der Waals surface area contributed by atoms with Crippen molar-refractivity contribution in [3.63, 3.8) is 0 Å². The Kier molecular flexibility index (Phi) is 5.55. The molecule has 2 aliphatic heterocycles. The predicted molar refractivity (Wildman–Crippen MR) is 85.8 cm³/mol. The molecule has 8 heteroatoms. The van der Waals surface area contributed by atoms with Gasteiger partial charge in [-0.05, 0) is 12.1 Å². The maximum atomic E-state index is 11.4. The lowest BCUT2D eigenvalue weighted by molar-refractivity contribution is -0.341. The Labute approximate surface area is 146 Å². The van der Waals surface area contributed by atoms with Crippen molar-refractivity contribution in [1.29, 1.82) is 0 Å². The van der Waals surface area contributed by atoms with Crippen molar-refractivity contribution in [2.75, 3.05) is 20.8 Å². The van der Waals surface area contributed by atoms with Crippen LogP contribution in [0.3, 0.4) is 0 Å². The van der Waals surface area contributed by atoms with Crippen LogP contribution < -0.4 is 10.1 Å². The van der Waals surface area contributed by atoms with E-state index < -0.39 is 36.9 Å². The van der Waals surface area contributed by atoms with E-state index in [0.717, 1.165) is 11.3 Å². The maximum absolute atomic E-state index is 11.4. The number of hydrogen-bond acceptors (Lipinski definition) is 7. The molecule has 0 aliphatic carbocycles. The minimum atomic E-state index is -0.989. The first kappa shape index (κ1) is 18.1. The van der Waals surface area contributed by atoms with Crippen molar-refractivity contribution in [2.45, 2.75) is 43.9 Å². The van der Waals surface area contributed by atoms with Gasteiger partial charge in [0.15, 0.2) is 12.6 Å². The van der Waals surface area contributed by atoms with Crippen LogP contribution in [0, 0.1) is 0 Å². The van der Waals surface area contributed by atoms with E-state index in [1.807, 2.05) is 24.3 Å². The summed E-state index contributed by atoms with van der Waals surface area (Å²) >= 11 is 0. The molecule has 0 spiro atoms. The number of methoxy groups -OCH3 is 2. The van der Waals surface area contributed by atoms with Crippen molar-refractivity contribution in [2.24, 2.45) is 0 Å². The molecule has 3 rings (SSSR count). The quantitative estimate of drug-likeness (QED) is 0.806. The molecule has 2 N–H and O–H groups in total. The van der Waals surface area contributed by atoms with Crippen LogP contribution in [0.4, 0.5) is 0 Å². The maximum Gasteiger partial charge on any atom is 0.217 e. The minimum Gasteiger partial charge on any atom is -0.497 e. The molecule has 2 saturated heterocycles. The standard InChI is InChI=1S/C17H23NO7/c1-9(19)18-13-14(20)15-12(24-17(13)22-3)8-23-16(25-15)10-4-6-11(21-2)7-5-10/h4-7,12-17,20H,8H2,1-3H3,(H,18,19)/t12-,13-,14-,15-,16?,17+/m1/s1. The van der Waals surface area contributed by atoms with E-state index in [-0.39, 0.29) is 12.5 Å². The lowest BCUT2D eigenvalue weighted by Crippen LogP contribution is -2.66. The van der Waals surface area contributed by atoms with E-state index in [1.165, 1.54) is 14.0 Å². The van der Waals surface area contributed by atoms with Crippen molar-refractivity contribution in [3.8, 4) is 5.75 Å². The van der Waals surface area contributed by atoms with Gasteiger partial charge in [0.2, 0.25) is 5.91 Å². The van der Waals surface area contributed by atoms with Gasteiger partial charge in [-0.3, -0.25) is 4.79 Å². The Balaban J connectivity index is 1.74. The Hall–Kier alpha value is -1.71. The van der Waals surface area contributed by atoms with Crippen LogP contribution in [0.25, 0.3) is 0 Å². The molecule has 0 bridgehead atoms. The monoisotopic (exact) mass is 353 g/mol. The molecule has 138 valence electrons. The van der Waals surface area contributed by atoms with Crippen LogP contribution in [-0.4, -0.2) is 62.5 Å². The highest BCUT2D eigenvalue weighted by Crippen LogP contribution is 2.34. The first-order chi connectivity index (χ1) is 12.0. The van der Waals surface area contributed by atoms with Gasteiger partial charge in [0.25, 0.3) is 0 Å². The molecule has 8 nitrogen and oxygen atoms in total. The number of hydrogen-bond donors (Lipinski definition) is 2. The number of carbonyl (C=O) groups is 1. The zero-order valence-corrected chi connectivity index (χ0v) is 14.4. The summed E-state index contributed by atoms with van der Waals surface area (Å²) in [5, 5.41) is 13.3. The normalized spacial score (nSPS) is 34.9. The summed E-state index contributed by atoms with van der Waals surface area (Å²) in [6.07, 6.45) is -3.53. The van der Waals surface area contributed by atoms with Crippen LogP contribution in [0.2, 0.25) is 0 Å². The van der Waals surface area contributed by atoms with Crippen molar-refractivity contribution >= 4 is 5.91 Å². The number of amides is 1. The van der Waals surface area contributed by atoms with Gasteiger partial charge in [0.1, 0.15) is 30.1 Å². The fourth-order valence-electron chi connectivity index (χ4n) is 3.11. The third-order valence-electron chi connectivity index (χ3n) is 4.36. The van der Waals surface area contributed by atoms with E-state index in [0.29, 0.717) is 0 Å². The second-order valence-corrected chi connectivity index (χ2v) is 6.03. The van der Waals surface area contributed by atoms with Gasteiger partial charge in [-0.1, -0.05) is 12.1 Å². The zero-order valence-electron chi connectivity index (χ0n) is 14.4. The molecular weight excluding hydrogens is 330 g/mol. The largest absolute Gasteiger partial charge is 0.497 e. The Bertz CT molecular complexity index is 593. The van der Waals surface area contributed by atoms with Gasteiger partial charge in [0.05, 0.1) is 13.7 Å². The minimum absolute atomic E-state index is 0.241. The van der Waals surface area contributed by atoms with E-state index in [2.05, 4.69) is 5.32 Å². The summed E-state index contributed by atoms with van der Waals surface area (Å²) < 4.78 is 27.8. The Morgan fingerprint density at radius 3 is 2.56 bits per heavy atom. The highest BCUT2D eigenvalue weighted by molar-refractivity contribution is 5.73. The summed E-state index contributed by atoms with van der Waals surface area (Å²) in [4.78, 5) is 11.4. The number of rotatable bonds is 4. The number of aliphatic hydroxyl groups is 1. The third kappa shape index (κ3) is 3.78. The lowest BCUT2D eigenvalue weighted by Gasteiger charge is -2.47. The van der Waals surface area contributed by atoms with Crippen molar-refractivity contribution < 1.29 is 33.6 Å². The predicted octanol–water partition coefficient (Wildman–Crippen LogP) is 0.346. The highest BCUT2D eigenvalue weighted by Gasteiger charge is 2.49. The van der Waals surface area contributed by atoms with Gasteiger partial charge in [-0.2, -0.15) is 0 Å². The molecule has 2 fully saturated rings. The van der Waals surface area contributed by atoms with Crippen LogP contribution in [0.1, 0.15) is 18.8 Å². The molecule has 0 saturated carbocycles. The van der Waals surface area contributed by atoms with Gasteiger partial charge in [-0.25, -0.2) is 0 Å². The number of benzene rings is 1. The Morgan fingerprint density at radius 1 is 1.24 bits per heavy atom. The van der Waals surface area contributed by atoms with E-state index >= 15 is 0 Å². The van der Waals surface area contributed by atoms with Crippen molar-refractivity contribution in [1.82, 2.24) is 5.32 Å². The highest BCUT2D eigenvalue weighted by atomic mass is 16.7. The molecule has 2 heterocycles. The molecule has 2 aliphatic rings. The van der Waals surface area contributed by atoms with E-state index in [4.69, 9.17) is 23.7 Å². The first-order valence-corrected chi connectivity index (χ1v) is 8.08. The van der Waals surface area contributed by atoms with Crippen LogP contribution in [-0.2, 0) is 23.7 Å². The molecule has 6 atom stereocenters. The van der Waals surface area contributed by atoms with Gasteiger partial charge in [0, 0.05) is 19.6 Å². The van der Waals surface area contributed by atoms with Crippen LogP contribution in [0.15, 0.2) is 24.3 Å². The molecule has 0 aromatic heterocycles. The van der Waals surface area contributed by atoms with Crippen LogP contribution >= 0.6 is 0 Å². The molecule has 1 aromatic rings. The number of aliphatic hydroxyl groups excluding tert-OH is 1. The summed E-state index contributed by atoms with van der Waals surface area (Å²) in [6.45, 7) is 1.61. The zero-order chi connectivity index (χ0) is 18.0. The topological polar surface area (TPSA) is 95.5 Å². The number of nitrogens with one attached hydrogen (secondary N) is 1. The van der Waals surface area contributed by atoms with Gasteiger partial charge < -0.3 is 34.1 Å². The second kappa shape index (κ2) is 7.67. The van der Waals surface area contributed by atoms with E-state index in [1.54, 1.807) is 7.11 Å². The van der Waals surface area contributed by atoms with E-state index in [9.17, 15) is 9.90 Å². The lowest BCUT2D eigenvalue weighted by atomic mass is 9.95. The average molecular weight is 353 g/mol. The second-order valence-electron chi connectivity index (χ2n) is 6.03.